The van der Waals surface area contributed by atoms with E-state index in [1.807, 2.05) is 32.1 Å². The Morgan fingerprint density at radius 1 is 1.07 bits per heavy atom. The molecule has 0 aromatic heterocycles. The highest BCUT2D eigenvalue weighted by atomic mass is 19.3. The van der Waals surface area contributed by atoms with Crippen molar-refractivity contribution in [1.29, 1.82) is 0 Å². The van der Waals surface area contributed by atoms with Gasteiger partial charge in [0.2, 0.25) is 0 Å². The number of alkyl halides is 2. The summed E-state index contributed by atoms with van der Waals surface area (Å²) in [4.78, 5) is 4.04. The number of hydrogen-bond donors (Lipinski definition) is 0. The molecule has 0 aliphatic heterocycles. The van der Waals surface area contributed by atoms with E-state index in [0.717, 1.165) is 18.4 Å². The van der Waals surface area contributed by atoms with Crippen LogP contribution in [0, 0.1) is 5.41 Å². The Kier molecular flexibility index (Phi) is 19.7. The van der Waals surface area contributed by atoms with Gasteiger partial charge in [-0.05, 0) is 48.8 Å². The SMILES string of the molecule is C=C.C=C(CC(=NC)/C(C)=C/C=C(\C)CC)C(F)F.C=C/C(=C\CC)C(C)(C)C. The van der Waals surface area contributed by atoms with E-state index < -0.39 is 6.43 Å². The molecule has 0 spiro atoms. The third-order valence-corrected chi connectivity index (χ3v) is 4.11. The summed E-state index contributed by atoms with van der Waals surface area (Å²) in [7, 11) is 1.61. The van der Waals surface area contributed by atoms with Gasteiger partial charge in [-0.1, -0.05) is 77.7 Å². The highest BCUT2D eigenvalue weighted by molar-refractivity contribution is 6.01. The van der Waals surface area contributed by atoms with E-state index in [4.69, 9.17) is 0 Å². The van der Waals surface area contributed by atoms with Crippen LogP contribution in [0.2, 0.25) is 0 Å². The molecule has 0 radical (unpaired) electrons. The van der Waals surface area contributed by atoms with E-state index in [1.165, 1.54) is 11.1 Å². The van der Waals surface area contributed by atoms with Crippen molar-refractivity contribution in [3.05, 3.63) is 72.9 Å². The minimum atomic E-state index is -2.48. The summed E-state index contributed by atoms with van der Waals surface area (Å²) in [5.74, 6) is 0. The lowest BCUT2D eigenvalue weighted by molar-refractivity contribution is 0.188. The minimum absolute atomic E-state index is 0.0884. The van der Waals surface area contributed by atoms with Crippen LogP contribution in [0.25, 0.3) is 0 Å². The Labute approximate surface area is 179 Å². The van der Waals surface area contributed by atoms with Crippen molar-refractivity contribution in [3.63, 3.8) is 0 Å². The normalized spacial score (nSPS) is 13.2. The first kappa shape index (κ1) is 31.7. The van der Waals surface area contributed by atoms with E-state index in [2.05, 4.69) is 72.0 Å². The Morgan fingerprint density at radius 3 is 1.86 bits per heavy atom. The van der Waals surface area contributed by atoms with Gasteiger partial charge in [0.1, 0.15) is 0 Å². The number of allylic oxidation sites excluding steroid dienone is 8. The van der Waals surface area contributed by atoms with Crippen molar-refractivity contribution in [3.8, 4) is 0 Å². The topological polar surface area (TPSA) is 12.4 Å². The molecule has 0 aliphatic rings. The third kappa shape index (κ3) is 16.6. The van der Waals surface area contributed by atoms with E-state index in [1.54, 1.807) is 7.05 Å². The number of halogens is 2. The molecule has 166 valence electrons. The van der Waals surface area contributed by atoms with Gasteiger partial charge in [-0.2, -0.15) is 0 Å². The molecule has 0 amide bonds. The van der Waals surface area contributed by atoms with Crippen LogP contribution in [0.4, 0.5) is 8.78 Å². The molecule has 0 bridgehead atoms. The fourth-order valence-corrected chi connectivity index (χ4v) is 2.08. The van der Waals surface area contributed by atoms with Crippen molar-refractivity contribution in [2.75, 3.05) is 7.05 Å². The molecule has 0 saturated carbocycles. The van der Waals surface area contributed by atoms with Gasteiger partial charge in [0, 0.05) is 19.2 Å². The molecule has 0 atom stereocenters. The molecular weight excluding hydrogens is 364 g/mol. The number of aliphatic imine (C=N–C) groups is 1. The lowest BCUT2D eigenvalue weighted by Gasteiger charge is -2.19. The standard InChI is InChI=1S/C14H21F2N.C10H18.C2H4/c1-6-10(2)7-8-11(3)13(17-5)9-12(4)14(15)16;1-6-8-9(7-2)10(3,4)5;1-2/h7-8,14H,4,6,9H2,1-3,5H3;7-8H,2,6H2,1,3-5H3;1-2H2/b10-7+,11-8+,17-13?;9-8+;. The second-order valence-electron chi connectivity index (χ2n) is 7.54. The molecule has 0 rings (SSSR count). The largest absolute Gasteiger partial charge is 0.292 e. The molecule has 0 fully saturated rings. The summed E-state index contributed by atoms with van der Waals surface area (Å²) in [5.41, 5.74) is 4.33. The molecule has 0 aliphatic carbocycles. The first-order chi connectivity index (χ1) is 13.4. The Bertz CT molecular complexity index is 597. The molecule has 0 N–H and O–H groups in total. The zero-order valence-corrected chi connectivity index (χ0v) is 20.0. The monoisotopic (exact) mass is 407 g/mol. The summed E-state index contributed by atoms with van der Waals surface area (Å²) in [6, 6.07) is 0. The number of hydrogen-bond acceptors (Lipinski definition) is 1. The van der Waals surface area contributed by atoms with E-state index >= 15 is 0 Å². The van der Waals surface area contributed by atoms with Crippen molar-refractivity contribution in [2.24, 2.45) is 10.4 Å². The Balaban J connectivity index is -0.000000479. The summed E-state index contributed by atoms with van der Waals surface area (Å²) in [6.07, 6.45) is 7.81. The fraction of sp³-hybridized carbons (Fsp3) is 0.500. The molecule has 29 heavy (non-hydrogen) atoms. The average molecular weight is 408 g/mol. The van der Waals surface area contributed by atoms with Crippen LogP contribution >= 0.6 is 0 Å². The van der Waals surface area contributed by atoms with Gasteiger partial charge in [0.25, 0.3) is 6.43 Å². The van der Waals surface area contributed by atoms with Crippen LogP contribution in [0.3, 0.4) is 0 Å². The van der Waals surface area contributed by atoms with Crippen molar-refractivity contribution < 1.29 is 8.78 Å². The summed E-state index contributed by atoms with van der Waals surface area (Å²) >= 11 is 0. The molecule has 0 heterocycles. The Morgan fingerprint density at radius 2 is 1.59 bits per heavy atom. The van der Waals surface area contributed by atoms with Gasteiger partial charge < -0.3 is 0 Å². The van der Waals surface area contributed by atoms with Gasteiger partial charge in [-0.3, -0.25) is 4.99 Å². The minimum Gasteiger partial charge on any atom is -0.292 e. The summed E-state index contributed by atoms with van der Waals surface area (Å²) in [6.45, 7) is 27.9. The maximum atomic E-state index is 12.4. The van der Waals surface area contributed by atoms with Crippen molar-refractivity contribution in [1.82, 2.24) is 0 Å². The average Bonchev–Trinajstić information content (AvgIpc) is 2.68. The van der Waals surface area contributed by atoms with E-state index in [9.17, 15) is 8.78 Å². The Hall–Kier alpha value is -2.03. The molecule has 0 aromatic rings. The lowest BCUT2D eigenvalue weighted by Crippen LogP contribution is -2.06. The fourth-order valence-electron chi connectivity index (χ4n) is 2.08. The van der Waals surface area contributed by atoms with Crippen LogP contribution in [0.5, 0.6) is 0 Å². The molecule has 1 nitrogen and oxygen atoms in total. The van der Waals surface area contributed by atoms with Gasteiger partial charge >= 0.3 is 0 Å². The van der Waals surface area contributed by atoms with Crippen LogP contribution in [-0.4, -0.2) is 19.2 Å². The van der Waals surface area contributed by atoms with Gasteiger partial charge in [0.05, 0.1) is 0 Å². The quantitative estimate of drug-likeness (QED) is 0.216. The zero-order chi connectivity index (χ0) is 23.6. The summed E-state index contributed by atoms with van der Waals surface area (Å²) in [5, 5.41) is 0. The molecule has 3 heteroatoms. The highest BCUT2D eigenvalue weighted by Gasteiger charge is 2.13. The van der Waals surface area contributed by atoms with Crippen molar-refractivity contribution in [2.45, 2.75) is 74.2 Å². The van der Waals surface area contributed by atoms with Gasteiger partial charge in [0.15, 0.2) is 0 Å². The lowest BCUT2D eigenvalue weighted by atomic mass is 9.86. The van der Waals surface area contributed by atoms with Crippen LogP contribution in [0.1, 0.15) is 67.7 Å². The molecule has 0 saturated heterocycles. The van der Waals surface area contributed by atoms with Gasteiger partial charge in [-0.25, -0.2) is 8.78 Å². The molecule has 0 aromatic carbocycles. The van der Waals surface area contributed by atoms with Gasteiger partial charge in [-0.15, -0.1) is 13.2 Å². The third-order valence-electron chi connectivity index (χ3n) is 4.11. The maximum Gasteiger partial charge on any atom is 0.260 e. The van der Waals surface area contributed by atoms with Crippen LogP contribution in [-0.2, 0) is 0 Å². The second-order valence-corrected chi connectivity index (χ2v) is 7.54. The predicted molar refractivity (Wildman–Crippen MR) is 130 cm³/mol. The van der Waals surface area contributed by atoms with Crippen LogP contribution < -0.4 is 0 Å². The van der Waals surface area contributed by atoms with Crippen LogP contribution in [0.15, 0.2) is 77.9 Å². The predicted octanol–water partition coefficient (Wildman–Crippen LogP) is 8.93. The highest BCUT2D eigenvalue weighted by Crippen LogP contribution is 2.25. The smallest absolute Gasteiger partial charge is 0.260 e. The number of nitrogens with zero attached hydrogens (tertiary/aromatic N) is 1. The molecule has 0 unspecified atom stereocenters. The second kappa shape index (κ2) is 18.0. The number of rotatable bonds is 8. The van der Waals surface area contributed by atoms with E-state index in [0.29, 0.717) is 5.71 Å². The maximum absolute atomic E-state index is 12.4. The first-order valence-corrected chi connectivity index (χ1v) is 10.0. The van der Waals surface area contributed by atoms with Crippen molar-refractivity contribution >= 4 is 5.71 Å². The molecular formula is C26H43F2N. The first-order valence-electron chi connectivity index (χ1n) is 10.0. The summed E-state index contributed by atoms with van der Waals surface area (Å²) < 4.78 is 24.7. The zero-order valence-electron chi connectivity index (χ0n) is 20.0. The van der Waals surface area contributed by atoms with E-state index in [-0.39, 0.29) is 17.4 Å².